The number of imidazole rings is 1. The molecule has 0 aliphatic carbocycles. The number of rotatable bonds is 2. The number of hydrogen-bond acceptors (Lipinski definition) is 8. The van der Waals surface area contributed by atoms with E-state index in [1.54, 1.807) is 29.6 Å². The van der Waals surface area contributed by atoms with Crippen molar-refractivity contribution in [3.8, 4) is 0 Å². The van der Waals surface area contributed by atoms with Crippen molar-refractivity contribution >= 4 is 17.3 Å². The van der Waals surface area contributed by atoms with Crippen LogP contribution in [0.4, 0.5) is 11.5 Å². The quantitative estimate of drug-likeness (QED) is 0.495. The van der Waals surface area contributed by atoms with Crippen LogP contribution in [-0.4, -0.2) is 67.1 Å². The van der Waals surface area contributed by atoms with Gasteiger partial charge in [0, 0.05) is 13.2 Å². The molecular formula is C14H19N5O5. The molecular weight excluding hydrogens is 318 g/mol. The number of aromatic nitrogens is 3. The van der Waals surface area contributed by atoms with Crippen LogP contribution in [0.5, 0.6) is 0 Å². The predicted octanol–water partition coefficient (Wildman–Crippen LogP) is -2.03. The van der Waals surface area contributed by atoms with Crippen LogP contribution in [0.1, 0.15) is 5.69 Å². The first-order valence-corrected chi connectivity index (χ1v) is 7.65. The van der Waals surface area contributed by atoms with Gasteiger partial charge in [-0.15, -0.1) is 0 Å². The molecule has 2 aromatic rings. The Hall–Kier alpha value is -2.14. The topological polar surface area (TPSA) is 124 Å². The largest absolute Gasteiger partial charge is 0.394 e. The maximum atomic E-state index is 12.6. The van der Waals surface area contributed by atoms with Crippen LogP contribution >= 0.6 is 0 Å². The van der Waals surface area contributed by atoms with E-state index in [1.165, 1.54) is 4.40 Å². The summed E-state index contributed by atoms with van der Waals surface area (Å²) in [6, 6.07) is 0. The fourth-order valence-corrected chi connectivity index (χ4v) is 3.43. The van der Waals surface area contributed by atoms with Gasteiger partial charge < -0.3 is 30.3 Å². The molecule has 1 unspecified atom stereocenters. The van der Waals surface area contributed by atoms with E-state index in [-0.39, 0.29) is 12.2 Å². The number of aliphatic hydroxyl groups excluding tert-OH is 3. The van der Waals surface area contributed by atoms with Crippen LogP contribution in [0.2, 0.25) is 0 Å². The van der Waals surface area contributed by atoms with E-state index in [9.17, 15) is 20.1 Å². The number of nitrogens with zero attached hydrogens (tertiary/aromatic N) is 4. The Balaban J connectivity index is 1.83. The monoisotopic (exact) mass is 337 g/mol. The van der Waals surface area contributed by atoms with E-state index in [0.29, 0.717) is 23.0 Å². The summed E-state index contributed by atoms with van der Waals surface area (Å²) < 4.78 is 8.78. The number of anilines is 2. The number of aryl methyl sites for hydroxylation is 2. The molecule has 0 radical (unpaired) electrons. The highest BCUT2D eigenvalue weighted by molar-refractivity contribution is 5.73. The summed E-state index contributed by atoms with van der Waals surface area (Å²) in [5, 5.41) is 32.5. The molecule has 24 heavy (non-hydrogen) atoms. The van der Waals surface area contributed by atoms with Crippen LogP contribution in [0.25, 0.3) is 5.78 Å². The first-order chi connectivity index (χ1) is 11.4. The van der Waals surface area contributed by atoms with Crippen LogP contribution in [0.15, 0.2) is 11.0 Å². The van der Waals surface area contributed by atoms with Crippen molar-refractivity contribution in [1.82, 2.24) is 14.0 Å². The van der Waals surface area contributed by atoms with Crippen LogP contribution in [0.3, 0.4) is 0 Å². The second-order valence-electron chi connectivity index (χ2n) is 6.15. The van der Waals surface area contributed by atoms with Crippen molar-refractivity contribution in [2.75, 3.05) is 23.5 Å². The normalized spacial score (nSPS) is 29.3. The van der Waals surface area contributed by atoms with Gasteiger partial charge in [0.15, 0.2) is 6.23 Å². The molecule has 10 heteroatoms. The lowest BCUT2D eigenvalue weighted by Crippen LogP contribution is -2.45. The third-order valence-corrected chi connectivity index (χ3v) is 4.60. The van der Waals surface area contributed by atoms with Gasteiger partial charge in [0.2, 0.25) is 5.78 Å². The lowest BCUT2D eigenvalue weighted by Gasteiger charge is -2.28. The summed E-state index contributed by atoms with van der Waals surface area (Å²) in [6.07, 6.45) is -2.49. The lowest BCUT2D eigenvalue weighted by molar-refractivity contribution is -0.0220. The summed E-state index contributed by atoms with van der Waals surface area (Å²) in [6.45, 7) is 1.63. The van der Waals surface area contributed by atoms with Gasteiger partial charge in [-0.2, -0.15) is 0 Å². The summed E-state index contributed by atoms with van der Waals surface area (Å²) >= 11 is 0. The Morgan fingerprint density at radius 3 is 2.83 bits per heavy atom. The minimum Gasteiger partial charge on any atom is -0.394 e. The zero-order valence-electron chi connectivity index (χ0n) is 13.2. The maximum absolute atomic E-state index is 12.6. The molecule has 4 heterocycles. The van der Waals surface area contributed by atoms with Crippen LogP contribution in [-0.2, 0) is 11.8 Å². The van der Waals surface area contributed by atoms with Gasteiger partial charge in [-0.1, -0.05) is 0 Å². The maximum Gasteiger partial charge on any atom is 0.284 e. The Labute approximate surface area is 136 Å². The summed E-state index contributed by atoms with van der Waals surface area (Å²) in [5.74, 6) is 0.990. The van der Waals surface area contributed by atoms with E-state index in [0.717, 1.165) is 0 Å². The molecule has 0 bridgehead atoms. The van der Waals surface area contributed by atoms with Gasteiger partial charge >= 0.3 is 0 Å². The van der Waals surface area contributed by atoms with Crippen molar-refractivity contribution < 1.29 is 20.1 Å². The van der Waals surface area contributed by atoms with E-state index in [2.05, 4.69) is 10.3 Å². The molecule has 2 aliphatic heterocycles. The van der Waals surface area contributed by atoms with Crippen LogP contribution < -0.4 is 15.8 Å². The Kier molecular flexibility index (Phi) is 3.32. The van der Waals surface area contributed by atoms with Gasteiger partial charge in [-0.05, 0) is 6.92 Å². The molecule has 4 N–H and O–H groups in total. The highest BCUT2D eigenvalue weighted by Gasteiger charge is 2.47. The minimum absolute atomic E-state index is 0.233. The Morgan fingerprint density at radius 1 is 1.42 bits per heavy atom. The highest BCUT2D eigenvalue weighted by Crippen LogP contribution is 2.35. The smallest absolute Gasteiger partial charge is 0.284 e. The summed E-state index contributed by atoms with van der Waals surface area (Å²) in [4.78, 5) is 18.7. The number of nitrogens with one attached hydrogen (secondary N) is 1. The number of ether oxygens (including phenoxy) is 1. The second kappa shape index (κ2) is 5.18. The van der Waals surface area contributed by atoms with Crippen molar-refractivity contribution in [2.24, 2.45) is 7.05 Å². The molecule has 130 valence electrons. The van der Waals surface area contributed by atoms with E-state index >= 15 is 0 Å². The third-order valence-electron chi connectivity index (χ3n) is 4.60. The fourth-order valence-electron chi connectivity index (χ4n) is 3.43. The Morgan fingerprint density at radius 2 is 2.17 bits per heavy atom. The standard InChI is InChI=1S/C14H19N5O5/c1-6-3-18-12(23)8-11(17(2)14(18)16-6)19(5-15-8)13-10(22)9(21)7(4-20)24-13/h3,7,9-10,13,15,20-22H,4-5H2,1-2H3/t7-,9-,10-,13?/m1/s1. The van der Waals surface area contributed by atoms with Gasteiger partial charge in [0.1, 0.15) is 29.8 Å². The van der Waals surface area contributed by atoms with Gasteiger partial charge in [-0.3, -0.25) is 9.36 Å². The molecule has 0 aromatic carbocycles. The minimum atomic E-state index is -1.21. The lowest BCUT2D eigenvalue weighted by atomic mass is 10.1. The first kappa shape index (κ1) is 15.4. The SMILES string of the molecule is Cc1cn2c(=O)c3c(n(C)c2n1)N(C1O[C@H](CO)[C@@H](O)[C@H]1O)CN3. The molecule has 10 nitrogen and oxygen atoms in total. The summed E-state index contributed by atoms with van der Waals surface area (Å²) in [7, 11) is 1.77. The van der Waals surface area contributed by atoms with Gasteiger partial charge in [-0.25, -0.2) is 9.38 Å². The molecule has 2 aromatic heterocycles. The molecule has 0 saturated carbocycles. The molecule has 2 aliphatic rings. The summed E-state index contributed by atoms with van der Waals surface area (Å²) in [5.41, 5.74) is 0.846. The highest BCUT2D eigenvalue weighted by atomic mass is 16.6. The average Bonchev–Trinajstić information content (AvgIpc) is 3.23. The van der Waals surface area contributed by atoms with Gasteiger partial charge in [0.05, 0.1) is 19.0 Å². The first-order valence-electron chi connectivity index (χ1n) is 7.65. The molecule has 0 spiro atoms. The fraction of sp³-hybridized carbons (Fsp3) is 0.571. The zero-order valence-corrected chi connectivity index (χ0v) is 13.2. The molecule has 0 amide bonds. The number of aliphatic hydroxyl groups is 3. The predicted molar refractivity (Wildman–Crippen MR) is 83.9 cm³/mol. The second-order valence-corrected chi connectivity index (χ2v) is 6.15. The van der Waals surface area contributed by atoms with Gasteiger partial charge in [0.25, 0.3) is 5.56 Å². The van der Waals surface area contributed by atoms with Crippen molar-refractivity contribution in [3.05, 3.63) is 22.2 Å². The number of fused-ring (bicyclic) bond motifs is 2. The van der Waals surface area contributed by atoms with Crippen LogP contribution in [0, 0.1) is 6.92 Å². The molecule has 1 saturated heterocycles. The van der Waals surface area contributed by atoms with E-state index in [1.807, 2.05) is 0 Å². The molecule has 4 rings (SSSR count). The van der Waals surface area contributed by atoms with E-state index < -0.39 is 31.1 Å². The van der Waals surface area contributed by atoms with Crippen molar-refractivity contribution in [1.29, 1.82) is 0 Å². The number of hydrogen-bond donors (Lipinski definition) is 4. The van der Waals surface area contributed by atoms with E-state index in [4.69, 9.17) is 4.74 Å². The van der Waals surface area contributed by atoms with Crippen molar-refractivity contribution in [3.63, 3.8) is 0 Å². The average molecular weight is 337 g/mol. The van der Waals surface area contributed by atoms with Crippen molar-refractivity contribution in [2.45, 2.75) is 31.5 Å². The molecule has 4 atom stereocenters. The zero-order chi connectivity index (χ0) is 17.2. The third kappa shape index (κ3) is 1.91. The molecule has 1 fully saturated rings. The Bertz CT molecular complexity index is 861.